The molecule has 1 fully saturated rings. The lowest BCUT2D eigenvalue weighted by atomic mass is 9.90. The summed E-state index contributed by atoms with van der Waals surface area (Å²) in [7, 11) is 1.36. The molecule has 24 heavy (non-hydrogen) atoms. The molecule has 0 saturated carbocycles. The molecule has 0 radical (unpaired) electrons. The van der Waals surface area contributed by atoms with Crippen LogP contribution >= 0.6 is 0 Å². The minimum absolute atomic E-state index is 0.0342. The van der Waals surface area contributed by atoms with Gasteiger partial charge in [0.1, 0.15) is 17.9 Å². The number of carbonyl (C=O) groups excluding carboxylic acids is 2. The molecule has 7 heteroatoms. The summed E-state index contributed by atoms with van der Waals surface area (Å²) >= 11 is 0. The van der Waals surface area contributed by atoms with E-state index in [4.69, 9.17) is 14.2 Å². The number of ether oxygens (including phenoxy) is 3. The van der Waals surface area contributed by atoms with E-state index in [1.165, 1.54) is 7.11 Å². The molecule has 2 aliphatic heterocycles. The van der Waals surface area contributed by atoms with Crippen LogP contribution in [0.25, 0.3) is 0 Å². The molecule has 1 saturated heterocycles. The lowest BCUT2D eigenvalue weighted by Gasteiger charge is -2.20. The van der Waals surface area contributed by atoms with Gasteiger partial charge in [-0.05, 0) is 20.8 Å². The highest BCUT2D eigenvalue weighted by molar-refractivity contribution is 6.26. The number of nitrogens with zero attached hydrogens (tertiary/aromatic N) is 1. The number of hydrogen-bond acceptors (Lipinski definition) is 6. The molecule has 0 bridgehead atoms. The summed E-state index contributed by atoms with van der Waals surface area (Å²) < 4.78 is 18.7. The predicted molar refractivity (Wildman–Crippen MR) is 81.5 cm³/mol. The molecule has 1 N–H and O–H groups in total. The van der Waals surface area contributed by atoms with Crippen LogP contribution < -0.4 is 0 Å². The maximum Gasteiger partial charge on any atom is 0.230 e. The number of aliphatic hydroxyl groups excluding tert-OH is 1. The lowest BCUT2D eigenvalue weighted by molar-refractivity contribution is -0.151. The number of methoxy groups -OCH3 is 1. The third-order valence-electron chi connectivity index (χ3n) is 4.92. The van der Waals surface area contributed by atoms with Crippen molar-refractivity contribution in [3.05, 3.63) is 33.8 Å². The van der Waals surface area contributed by atoms with E-state index < -0.39 is 11.9 Å². The van der Waals surface area contributed by atoms with Crippen molar-refractivity contribution in [2.75, 3.05) is 7.11 Å². The Balaban J connectivity index is 1.93. The zero-order valence-electron chi connectivity index (χ0n) is 14.0. The molecule has 0 spiro atoms. The lowest BCUT2D eigenvalue weighted by Crippen LogP contribution is -2.26. The average Bonchev–Trinajstić information content (AvgIpc) is 3.09. The molecule has 1 aromatic heterocycles. The number of allylic oxidation sites excluding steroid dienone is 2. The van der Waals surface area contributed by atoms with Crippen LogP contribution in [0.3, 0.4) is 0 Å². The second kappa shape index (κ2) is 4.78. The molecule has 0 unspecified atom stereocenters. The van der Waals surface area contributed by atoms with E-state index in [-0.39, 0.29) is 41.2 Å². The molecule has 0 aromatic carbocycles. The van der Waals surface area contributed by atoms with Gasteiger partial charge in [0.2, 0.25) is 11.6 Å². The van der Waals surface area contributed by atoms with Crippen molar-refractivity contribution in [3.63, 3.8) is 0 Å². The minimum Gasteiger partial charge on any atom is -0.492 e. The second-order valence-electron chi connectivity index (χ2n) is 6.77. The van der Waals surface area contributed by atoms with Crippen LogP contribution in [0.15, 0.2) is 11.3 Å². The van der Waals surface area contributed by atoms with Crippen molar-refractivity contribution in [2.24, 2.45) is 0 Å². The van der Waals surface area contributed by atoms with Gasteiger partial charge in [-0.3, -0.25) is 9.59 Å². The maximum atomic E-state index is 12.8. The number of hydrogen-bond donors (Lipinski definition) is 1. The van der Waals surface area contributed by atoms with E-state index in [9.17, 15) is 14.7 Å². The summed E-state index contributed by atoms with van der Waals surface area (Å²) in [4.78, 5) is 25.6. The van der Waals surface area contributed by atoms with E-state index in [2.05, 4.69) is 0 Å². The number of ketones is 2. The Morgan fingerprint density at radius 3 is 2.62 bits per heavy atom. The van der Waals surface area contributed by atoms with Crippen molar-refractivity contribution in [1.29, 1.82) is 0 Å². The van der Waals surface area contributed by atoms with Gasteiger partial charge >= 0.3 is 0 Å². The van der Waals surface area contributed by atoms with Gasteiger partial charge < -0.3 is 23.9 Å². The van der Waals surface area contributed by atoms with Gasteiger partial charge in [0.25, 0.3) is 0 Å². The maximum absolute atomic E-state index is 12.8. The van der Waals surface area contributed by atoms with Crippen LogP contribution in [-0.4, -0.2) is 40.2 Å². The summed E-state index contributed by atoms with van der Waals surface area (Å²) in [5, 5.41) is 9.90. The molecular formula is C17H19NO6. The monoisotopic (exact) mass is 333 g/mol. The number of Topliss-reactive ketones (excluding diaryl/α,β-unsaturated/α-hetero) is 2. The zero-order chi connectivity index (χ0) is 17.4. The molecule has 3 heterocycles. The first-order chi connectivity index (χ1) is 11.3. The SMILES string of the molecule is COC1=C(C)C(=O)c2c(c(CO)c3n2C[C@H]2OC(C)(C)O[C@@H]32)C1=O. The summed E-state index contributed by atoms with van der Waals surface area (Å²) in [5.41, 5.74) is 1.90. The first kappa shape index (κ1) is 15.6. The summed E-state index contributed by atoms with van der Waals surface area (Å²) in [5.74, 6) is -1.34. The first-order valence-corrected chi connectivity index (χ1v) is 7.86. The smallest absolute Gasteiger partial charge is 0.230 e. The normalized spacial score (nSPS) is 27.4. The molecule has 128 valence electrons. The van der Waals surface area contributed by atoms with Crippen LogP contribution in [0.5, 0.6) is 0 Å². The molecule has 4 rings (SSSR count). The minimum atomic E-state index is -0.738. The topological polar surface area (TPSA) is 87.0 Å². The fourth-order valence-corrected chi connectivity index (χ4v) is 4.04. The van der Waals surface area contributed by atoms with Gasteiger partial charge in [-0.2, -0.15) is 0 Å². The Kier molecular flexibility index (Phi) is 3.10. The van der Waals surface area contributed by atoms with Crippen molar-refractivity contribution in [2.45, 2.75) is 51.9 Å². The van der Waals surface area contributed by atoms with Crippen LogP contribution in [0.4, 0.5) is 0 Å². The molecule has 3 aliphatic rings. The van der Waals surface area contributed by atoms with Crippen molar-refractivity contribution in [3.8, 4) is 0 Å². The Morgan fingerprint density at radius 1 is 1.29 bits per heavy atom. The highest BCUT2D eigenvalue weighted by atomic mass is 16.8. The largest absolute Gasteiger partial charge is 0.492 e. The Morgan fingerprint density at radius 2 is 2.00 bits per heavy atom. The molecule has 1 aliphatic carbocycles. The van der Waals surface area contributed by atoms with E-state index in [1.807, 2.05) is 13.8 Å². The first-order valence-electron chi connectivity index (χ1n) is 7.86. The third-order valence-corrected chi connectivity index (χ3v) is 4.92. The molecule has 2 atom stereocenters. The number of carbonyl (C=O) groups is 2. The van der Waals surface area contributed by atoms with Gasteiger partial charge in [0.15, 0.2) is 11.5 Å². The zero-order valence-corrected chi connectivity index (χ0v) is 14.0. The number of fused-ring (bicyclic) bond motifs is 5. The summed E-state index contributed by atoms with van der Waals surface area (Å²) in [6, 6.07) is 0. The van der Waals surface area contributed by atoms with Gasteiger partial charge in [-0.1, -0.05) is 0 Å². The number of aliphatic hydroxyl groups is 1. The van der Waals surface area contributed by atoms with Crippen molar-refractivity contribution >= 4 is 11.6 Å². The predicted octanol–water partition coefficient (Wildman–Crippen LogP) is 1.49. The third kappa shape index (κ3) is 1.77. The fraction of sp³-hybridized carbons (Fsp3) is 0.529. The Labute approximate surface area is 138 Å². The van der Waals surface area contributed by atoms with Gasteiger partial charge in [0.05, 0.1) is 31.5 Å². The average molecular weight is 333 g/mol. The van der Waals surface area contributed by atoms with Crippen LogP contribution in [0, 0.1) is 0 Å². The molecular weight excluding hydrogens is 314 g/mol. The Bertz CT molecular complexity index is 816. The van der Waals surface area contributed by atoms with E-state index in [0.717, 1.165) is 0 Å². The van der Waals surface area contributed by atoms with Crippen molar-refractivity contribution < 1.29 is 28.9 Å². The quantitative estimate of drug-likeness (QED) is 0.882. The van der Waals surface area contributed by atoms with Gasteiger partial charge in [-0.15, -0.1) is 0 Å². The Hall–Kier alpha value is -1.96. The summed E-state index contributed by atoms with van der Waals surface area (Å²) in [6.07, 6.45) is -0.638. The number of rotatable bonds is 2. The molecule has 1 aromatic rings. The van der Waals surface area contributed by atoms with Crippen LogP contribution in [-0.2, 0) is 27.4 Å². The number of aromatic nitrogens is 1. The van der Waals surface area contributed by atoms with E-state index in [0.29, 0.717) is 23.5 Å². The standard InChI is InChI=1S/C17H19NO6/c1-7-13(20)12-10(14(21)15(7)22-4)8(6-19)11-16-9(5-18(11)12)23-17(2,3)24-16/h9,16,19H,5-6H2,1-4H3/t9-,16-/m1/s1. The van der Waals surface area contributed by atoms with Gasteiger partial charge in [-0.25, -0.2) is 0 Å². The summed E-state index contributed by atoms with van der Waals surface area (Å²) in [6.45, 7) is 5.28. The highest BCUT2D eigenvalue weighted by Gasteiger charge is 2.52. The molecule has 7 nitrogen and oxygen atoms in total. The van der Waals surface area contributed by atoms with Crippen LogP contribution in [0.1, 0.15) is 59.0 Å². The van der Waals surface area contributed by atoms with Crippen molar-refractivity contribution in [1.82, 2.24) is 4.57 Å². The van der Waals surface area contributed by atoms with Crippen LogP contribution in [0.2, 0.25) is 0 Å². The fourth-order valence-electron chi connectivity index (χ4n) is 4.04. The second-order valence-corrected chi connectivity index (χ2v) is 6.77. The van der Waals surface area contributed by atoms with E-state index in [1.54, 1.807) is 11.5 Å². The van der Waals surface area contributed by atoms with Gasteiger partial charge in [0, 0.05) is 11.1 Å². The molecule has 0 amide bonds. The van der Waals surface area contributed by atoms with E-state index >= 15 is 0 Å². The highest BCUT2D eigenvalue weighted by Crippen LogP contribution is 2.48.